The largest absolute Gasteiger partial charge is 0.378 e. The number of piperazine rings is 1. The van der Waals surface area contributed by atoms with Crippen molar-refractivity contribution in [2.24, 2.45) is 0 Å². The van der Waals surface area contributed by atoms with Crippen molar-refractivity contribution in [2.45, 2.75) is 12.0 Å². The average molecular weight is 170 g/mol. The number of hydrogen-bond donors (Lipinski definition) is 2. The van der Waals surface area contributed by atoms with Crippen LogP contribution in [0.15, 0.2) is 0 Å². The maximum atomic E-state index is 11.4. The Morgan fingerprint density at radius 3 is 2.92 bits per heavy atom. The van der Waals surface area contributed by atoms with Gasteiger partial charge in [0.05, 0.1) is 13.2 Å². The number of rotatable bonds is 0. The van der Waals surface area contributed by atoms with Crippen molar-refractivity contribution in [3.63, 3.8) is 0 Å². The molecule has 0 aromatic rings. The Bertz CT molecular complexity index is 233. The van der Waals surface area contributed by atoms with Gasteiger partial charge in [0.15, 0.2) is 0 Å². The lowest BCUT2D eigenvalue weighted by Crippen LogP contribution is -2.66. The van der Waals surface area contributed by atoms with Gasteiger partial charge >= 0.3 is 0 Å². The summed E-state index contributed by atoms with van der Waals surface area (Å²) in [5, 5.41) is 5.20. The van der Waals surface area contributed by atoms with Crippen molar-refractivity contribution >= 4 is 11.8 Å². The monoisotopic (exact) mass is 170 g/mol. The highest BCUT2D eigenvalue weighted by molar-refractivity contribution is 5.98. The van der Waals surface area contributed by atoms with Crippen molar-refractivity contribution in [3.05, 3.63) is 0 Å². The van der Waals surface area contributed by atoms with E-state index in [2.05, 4.69) is 10.6 Å². The summed E-state index contributed by atoms with van der Waals surface area (Å²) in [6, 6.07) is 0. The minimum Gasteiger partial charge on any atom is -0.378 e. The molecule has 2 aliphatic heterocycles. The fraction of sp³-hybridized carbons (Fsp3) is 0.714. The Kier molecular flexibility index (Phi) is 1.54. The van der Waals surface area contributed by atoms with Crippen LogP contribution in [-0.2, 0) is 14.3 Å². The van der Waals surface area contributed by atoms with Gasteiger partial charge < -0.3 is 15.4 Å². The number of ether oxygens (including phenoxy) is 1. The Morgan fingerprint density at radius 2 is 2.25 bits per heavy atom. The summed E-state index contributed by atoms with van der Waals surface area (Å²) < 4.78 is 5.08. The van der Waals surface area contributed by atoms with Crippen LogP contribution in [0.3, 0.4) is 0 Å². The highest BCUT2D eigenvalue weighted by Gasteiger charge is 2.45. The number of amides is 2. The Balaban J connectivity index is 2.20. The molecule has 2 heterocycles. The van der Waals surface area contributed by atoms with Crippen molar-refractivity contribution in [1.82, 2.24) is 10.6 Å². The molecule has 0 saturated carbocycles. The molecule has 0 aromatic heterocycles. The second kappa shape index (κ2) is 2.45. The molecule has 66 valence electrons. The lowest BCUT2D eigenvalue weighted by Gasteiger charge is -2.31. The highest BCUT2D eigenvalue weighted by atomic mass is 16.5. The molecule has 5 heteroatoms. The van der Waals surface area contributed by atoms with Crippen LogP contribution in [0.4, 0.5) is 0 Å². The SMILES string of the molecule is O=C1CNC(=O)[C@]2(CCOC2)N1. The third-order valence-electron chi connectivity index (χ3n) is 2.24. The zero-order chi connectivity index (χ0) is 8.60. The Morgan fingerprint density at radius 1 is 1.42 bits per heavy atom. The molecule has 0 radical (unpaired) electrons. The van der Waals surface area contributed by atoms with Crippen LogP contribution in [0, 0.1) is 0 Å². The molecule has 2 aliphatic rings. The molecule has 1 atom stereocenters. The lowest BCUT2D eigenvalue weighted by atomic mass is 9.95. The molecule has 2 rings (SSSR count). The summed E-state index contributed by atoms with van der Waals surface area (Å²) in [4.78, 5) is 22.3. The molecule has 0 aromatic carbocycles. The van der Waals surface area contributed by atoms with Crippen LogP contribution in [0.1, 0.15) is 6.42 Å². The lowest BCUT2D eigenvalue weighted by molar-refractivity contribution is -0.138. The molecule has 2 saturated heterocycles. The summed E-state index contributed by atoms with van der Waals surface area (Å²) in [6.07, 6.45) is 0.574. The molecule has 1 spiro atoms. The van der Waals surface area contributed by atoms with Gasteiger partial charge in [0.25, 0.3) is 0 Å². The topological polar surface area (TPSA) is 67.4 Å². The number of nitrogens with one attached hydrogen (secondary N) is 2. The van der Waals surface area contributed by atoms with Crippen LogP contribution in [-0.4, -0.2) is 37.1 Å². The first kappa shape index (κ1) is 7.54. The van der Waals surface area contributed by atoms with E-state index in [1.165, 1.54) is 0 Å². The first-order valence-corrected chi connectivity index (χ1v) is 3.90. The molecule has 5 nitrogen and oxygen atoms in total. The van der Waals surface area contributed by atoms with Gasteiger partial charge in [-0.05, 0) is 0 Å². The third-order valence-corrected chi connectivity index (χ3v) is 2.24. The maximum Gasteiger partial charge on any atom is 0.248 e. The molecule has 2 fully saturated rings. The Labute approximate surface area is 69.5 Å². The van der Waals surface area contributed by atoms with Crippen molar-refractivity contribution < 1.29 is 14.3 Å². The van der Waals surface area contributed by atoms with E-state index in [4.69, 9.17) is 4.74 Å². The maximum absolute atomic E-state index is 11.4. The molecular formula is C7H10N2O3. The molecule has 0 unspecified atom stereocenters. The van der Waals surface area contributed by atoms with Gasteiger partial charge in [0.1, 0.15) is 5.54 Å². The predicted molar refractivity (Wildman–Crippen MR) is 39.3 cm³/mol. The van der Waals surface area contributed by atoms with Gasteiger partial charge in [-0.3, -0.25) is 9.59 Å². The van der Waals surface area contributed by atoms with Crippen LogP contribution in [0.5, 0.6) is 0 Å². The summed E-state index contributed by atoms with van der Waals surface area (Å²) in [6.45, 7) is 0.916. The molecule has 0 aliphatic carbocycles. The first-order valence-electron chi connectivity index (χ1n) is 3.90. The van der Waals surface area contributed by atoms with E-state index < -0.39 is 5.54 Å². The molecule has 12 heavy (non-hydrogen) atoms. The third kappa shape index (κ3) is 0.972. The van der Waals surface area contributed by atoms with E-state index in [1.807, 2.05) is 0 Å². The first-order chi connectivity index (χ1) is 5.73. The second-order valence-corrected chi connectivity index (χ2v) is 3.12. The van der Waals surface area contributed by atoms with E-state index >= 15 is 0 Å². The minimum absolute atomic E-state index is 0.0839. The zero-order valence-electron chi connectivity index (χ0n) is 6.55. The van der Waals surface area contributed by atoms with Gasteiger partial charge in [0.2, 0.25) is 11.8 Å². The summed E-state index contributed by atoms with van der Waals surface area (Å²) in [5.74, 6) is -0.264. The number of carbonyl (C=O) groups excluding carboxylic acids is 2. The molecule has 0 bridgehead atoms. The average Bonchev–Trinajstić information content (AvgIpc) is 2.48. The fourth-order valence-electron chi connectivity index (χ4n) is 1.54. The van der Waals surface area contributed by atoms with Gasteiger partial charge in [0, 0.05) is 13.0 Å². The predicted octanol–water partition coefficient (Wildman–Crippen LogP) is -1.61. The van der Waals surface area contributed by atoms with E-state index in [0.717, 1.165) is 0 Å². The van der Waals surface area contributed by atoms with Gasteiger partial charge in [-0.2, -0.15) is 0 Å². The number of hydrogen-bond acceptors (Lipinski definition) is 3. The molecule has 2 amide bonds. The zero-order valence-corrected chi connectivity index (χ0v) is 6.55. The van der Waals surface area contributed by atoms with Crippen LogP contribution >= 0.6 is 0 Å². The molecule has 2 N–H and O–H groups in total. The van der Waals surface area contributed by atoms with Gasteiger partial charge in [-0.25, -0.2) is 0 Å². The molecular weight excluding hydrogens is 160 g/mol. The fourth-order valence-corrected chi connectivity index (χ4v) is 1.54. The smallest absolute Gasteiger partial charge is 0.248 e. The minimum atomic E-state index is -0.769. The van der Waals surface area contributed by atoms with Crippen molar-refractivity contribution in [1.29, 1.82) is 0 Å². The Hall–Kier alpha value is -1.10. The van der Waals surface area contributed by atoms with E-state index in [0.29, 0.717) is 19.6 Å². The number of carbonyl (C=O) groups is 2. The van der Waals surface area contributed by atoms with E-state index in [1.54, 1.807) is 0 Å². The van der Waals surface area contributed by atoms with Crippen LogP contribution in [0.2, 0.25) is 0 Å². The van der Waals surface area contributed by atoms with Gasteiger partial charge in [-0.1, -0.05) is 0 Å². The standard InChI is InChI=1S/C7H10N2O3/c10-5-3-8-6(11)7(9-5)1-2-12-4-7/h1-4H2,(H,8,11)(H,9,10)/t7-/m1/s1. The second-order valence-electron chi connectivity index (χ2n) is 3.12. The summed E-state index contributed by atoms with van der Waals surface area (Å²) in [7, 11) is 0. The van der Waals surface area contributed by atoms with E-state index in [9.17, 15) is 9.59 Å². The van der Waals surface area contributed by atoms with Crippen LogP contribution in [0.25, 0.3) is 0 Å². The normalized spacial score (nSPS) is 35.0. The highest BCUT2D eigenvalue weighted by Crippen LogP contribution is 2.20. The van der Waals surface area contributed by atoms with E-state index in [-0.39, 0.29) is 18.4 Å². The van der Waals surface area contributed by atoms with Crippen LogP contribution < -0.4 is 10.6 Å². The van der Waals surface area contributed by atoms with Gasteiger partial charge in [-0.15, -0.1) is 0 Å². The van der Waals surface area contributed by atoms with Crippen molar-refractivity contribution in [2.75, 3.05) is 19.8 Å². The van der Waals surface area contributed by atoms with Crippen molar-refractivity contribution in [3.8, 4) is 0 Å². The summed E-state index contributed by atoms with van der Waals surface area (Å²) in [5.41, 5.74) is -0.769. The summed E-state index contributed by atoms with van der Waals surface area (Å²) >= 11 is 0. The quantitative estimate of drug-likeness (QED) is 0.459.